The molecule has 0 fully saturated rings. The van der Waals surface area contributed by atoms with Gasteiger partial charge in [-0.25, -0.2) is 0 Å². The summed E-state index contributed by atoms with van der Waals surface area (Å²) in [6, 6.07) is 7.62. The summed E-state index contributed by atoms with van der Waals surface area (Å²) in [5.74, 6) is 1.31. The summed E-state index contributed by atoms with van der Waals surface area (Å²) in [6.07, 6.45) is 0.704. The number of rotatable bonds is 4. The third kappa shape index (κ3) is 2.73. The van der Waals surface area contributed by atoms with Crippen molar-refractivity contribution in [1.82, 2.24) is 10.1 Å². The zero-order valence-electron chi connectivity index (χ0n) is 9.10. The SMILES string of the molecule is Cc1noc(CCNc2cccc(N)c2)n1. The van der Waals surface area contributed by atoms with Crippen molar-refractivity contribution in [3.05, 3.63) is 36.0 Å². The summed E-state index contributed by atoms with van der Waals surface area (Å²) >= 11 is 0. The quantitative estimate of drug-likeness (QED) is 0.762. The third-order valence-electron chi connectivity index (χ3n) is 2.12. The highest BCUT2D eigenvalue weighted by molar-refractivity contribution is 5.53. The molecule has 0 radical (unpaired) electrons. The number of nitrogens with two attached hydrogens (primary N) is 1. The summed E-state index contributed by atoms with van der Waals surface area (Å²) in [7, 11) is 0. The molecule has 84 valence electrons. The lowest BCUT2D eigenvalue weighted by atomic mass is 10.3. The third-order valence-corrected chi connectivity index (χ3v) is 2.12. The van der Waals surface area contributed by atoms with Crippen molar-refractivity contribution in [3.63, 3.8) is 0 Å². The molecule has 5 heteroatoms. The Labute approximate surface area is 93.7 Å². The van der Waals surface area contributed by atoms with Crippen LogP contribution in [0, 0.1) is 6.92 Å². The fraction of sp³-hybridized carbons (Fsp3) is 0.273. The number of benzene rings is 1. The number of nitrogen functional groups attached to an aromatic ring is 1. The molecule has 16 heavy (non-hydrogen) atoms. The zero-order chi connectivity index (χ0) is 11.4. The molecule has 1 aromatic carbocycles. The molecule has 0 saturated heterocycles. The zero-order valence-corrected chi connectivity index (χ0v) is 9.10. The fourth-order valence-electron chi connectivity index (χ4n) is 1.40. The Morgan fingerprint density at radius 3 is 3.00 bits per heavy atom. The van der Waals surface area contributed by atoms with Gasteiger partial charge in [-0.05, 0) is 25.1 Å². The van der Waals surface area contributed by atoms with E-state index >= 15 is 0 Å². The van der Waals surface area contributed by atoms with Crippen molar-refractivity contribution in [2.75, 3.05) is 17.6 Å². The number of aryl methyl sites for hydroxylation is 1. The molecule has 0 aliphatic heterocycles. The van der Waals surface area contributed by atoms with Crippen molar-refractivity contribution in [2.24, 2.45) is 0 Å². The first-order valence-corrected chi connectivity index (χ1v) is 5.12. The Hall–Kier alpha value is -2.04. The molecular weight excluding hydrogens is 204 g/mol. The predicted molar refractivity (Wildman–Crippen MR) is 62.1 cm³/mol. The van der Waals surface area contributed by atoms with E-state index in [1.54, 1.807) is 6.92 Å². The van der Waals surface area contributed by atoms with E-state index in [1.807, 2.05) is 24.3 Å². The van der Waals surface area contributed by atoms with Crippen molar-refractivity contribution in [1.29, 1.82) is 0 Å². The van der Waals surface area contributed by atoms with Crippen LogP contribution in [0.25, 0.3) is 0 Å². The van der Waals surface area contributed by atoms with Gasteiger partial charge >= 0.3 is 0 Å². The van der Waals surface area contributed by atoms with E-state index < -0.39 is 0 Å². The minimum atomic E-state index is 0.647. The van der Waals surface area contributed by atoms with Crippen LogP contribution in [0.1, 0.15) is 11.7 Å². The van der Waals surface area contributed by atoms with E-state index in [4.69, 9.17) is 10.3 Å². The van der Waals surface area contributed by atoms with Crippen LogP contribution in [0.4, 0.5) is 11.4 Å². The number of nitrogens with zero attached hydrogens (tertiary/aromatic N) is 2. The Kier molecular flexibility index (Phi) is 3.05. The van der Waals surface area contributed by atoms with E-state index in [0.29, 0.717) is 18.1 Å². The second-order valence-electron chi connectivity index (χ2n) is 3.54. The van der Waals surface area contributed by atoms with E-state index in [-0.39, 0.29) is 0 Å². The topological polar surface area (TPSA) is 77.0 Å². The van der Waals surface area contributed by atoms with Gasteiger partial charge in [-0.3, -0.25) is 0 Å². The fourth-order valence-corrected chi connectivity index (χ4v) is 1.40. The highest BCUT2D eigenvalue weighted by atomic mass is 16.5. The second kappa shape index (κ2) is 4.65. The summed E-state index contributed by atoms with van der Waals surface area (Å²) in [5.41, 5.74) is 7.41. The lowest BCUT2D eigenvalue weighted by Gasteiger charge is -2.04. The predicted octanol–water partition coefficient (Wildman–Crippen LogP) is 1.61. The molecular formula is C11H14N4O. The van der Waals surface area contributed by atoms with Gasteiger partial charge in [-0.1, -0.05) is 11.2 Å². The van der Waals surface area contributed by atoms with Gasteiger partial charge in [0, 0.05) is 24.3 Å². The van der Waals surface area contributed by atoms with Crippen LogP contribution in [-0.2, 0) is 6.42 Å². The smallest absolute Gasteiger partial charge is 0.228 e. The molecule has 0 aliphatic carbocycles. The van der Waals surface area contributed by atoms with Crippen molar-refractivity contribution in [2.45, 2.75) is 13.3 Å². The van der Waals surface area contributed by atoms with Gasteiger partial charge in [-0.15, -0.1) is 0 Å². The van der Waals surface area contributed by atoms with Crippen molar-refractivity contribution >= 4 is 11.4 Å². The summed E-state index contributed by atoms with van der Waals surface area (Å²) < 4.78 is 5.00. The molecule has 1 aromatic heterocycles. The minimum Gasteiger partial charge on any atom is -0.399 e. The molecule has 0 aliphatic rings. The normalized spacial score (nSPS) is 10.3. The van der Waals surface area contributed by atoms with Crippen LogP contribution >= 0.6 is 0 Å². The largest absolute Gasteiger partial charge is 0.399 e. The molecule has 0 saturated carbocycles. The van der Waals surface area contributed by atoms with E-state index in [1.165, 1.54) is 0 Å². The maximum Gasteiger partial charge on any atom is 0.228 e. The number of hydrogen-bond donors (Lipinski definition) is 2. The van der Waals surface area contributed by atoms with Gasteiger partial charge in [0.2, 0.25) is 5.89 Å². The first-order valence-electron chi connectivity index (χ1n) is 5.12. The molecule has 0 spiro atoms. The maximum atomic E-state index is 5.66. The molecule has 1 heterocycles. The summed E-state index contributed by atoms with van der Waals surface area (Å²) in [6.45, 7) is 2.55. The van der Waals surface area contributed by atoms with Gasteiger partial charge in [-0.2, -0.15) is 4.98 Å². The standard InChI is InChI=1S/C11H14N4O/c1-8-14-11(16-15-8)5-6-13-10-4-2-3-9(12)7-10/h2-4,7,13H,5-6,12H2,1H3. The summed E-state index contributed by atoms with van der Waals surface area (Å²) in [5, 5.41) is 6.96. The number of nitrogens with one attached hydrogen (secondary N) is 1. The first kappa shape index (κ1) is 10.5. The Bertz CT molecular complexity index is 467. The van der Waals surface area contributed by atoms with Crippen LogP contribution in [0.2, 0.25) is 0 Å². The van der Waals surface area contributed by atoms with Crippen molar-refractivity contribution < 1.29 is 4.52 Å². The Morgan fingerprint density at radius 2 is 2.31 bits per heavy atom. The molecule has 0 atom stereocenters. The number of aromatic nitrogens is 2. The highest BCUT2D eigenvalue weighted by Gasteiger charge is 2.01. The first-order chi connectivity index (χ1) is 7.74. The average molecular weight is 218 g/mol. The minimum absolute atomic E-state index is 0.647. The van der Waals surface area contributed by atoms with Gasteiger partial charge in [0.1, 0.15) is 0 Å². The highest BCUT2D eigenvalue weighted by Crippen LogP contribution is 2.11. The maximum absolute atomic E-state index is 5.66. The molecule has 0 unspecified atom stereocenters. The summed E-state index contributed by atoms with van der Waals surface area (Å²) in [4.78, 5) is 4.12. The number of hydrogen-bond acceptors (Lipinski definition) is 5. The number of anilines is 2. The molecule has 0 amide bonds. The lowest BCUT2D eigenvalue weighted by molar-refractivity contribution is 0.377. The van der Waals surface area contributed by atoms with E-state index in [0.717, 1.165) is 17.9 Å². The van der Waals surface area contributed by atoms with Gasteiger partial charge in [0.15, 0.2) is 5.82 Å². The molecule has 5 nitrogen and oxygen atoms in total. The monoisotopic (exact) mass is 218 g/mol. The molecule has 2 rings (SSSR count). The molecule has 3 N–H and O–H groups in total. The van der Waals surface area contributed by atoms with Gasteiger partial charge in [0.25, 0.3) is 0 Å². The van der Waals surface area contributed by atoms with E-state index in [9.17, 15) is 0 Å². The van der Waals surface area contributed by atoms with E-state index in [2.05, 4.69) is 15.5 Å². The Morgan fingerprint density at radius 1 is 1.44 bits per heavy atom. The average Bonchev–Trinajstić information content (AvgIpc) is 2.64. The van der Waals surface area contributed by atoms with Crippen LogP contribution in [0.15, 0.2) is 28.8 Å². The molecule has 0 bridgehead atoms. The van der Waals surface area contributed by atoms with Crippen molar-refractivity contribution in [3.8, 4) is 0 Å². The van der Waals surface area contributed by atoms with Crippen LogP contribution in [0.5, 0.6) is 0 Å². The van der Waals surface area contributed by atoms with Gasteiger partial charge < -0.3 is 15.6 Å². The van der Waals surface area contributed by atoms with Crippen LogP contribution in [-0.4, -0.2) is 16.7 Å². The van der Waals surface area contributed by atoms with Crippen LogP contribution in [0.3, 0.4) is 0 Å². The van der Waals surface area contributed by atoms with Crippen LogP contribution < -0.4 is 11.1 Å². The second-order valence-corrected chi connectivity index (χ2v) is 3.54. The molecule has 2 aromatic rings. The Balaban J connectivity index is 1.84. The lowest BCUT2D eigenvalue weighted by Crippen LogP contribution is -2.05. The van der Waals surface area contributed by atoms with Gasteiger partial charge in [0.05, 0.1) is 0 Å².